The molecule has 1 amide bonds. The number of benzene rings is 1. The molecule has 0 aliphatic carbocycles. The molecule has 1 fully saturated rings. The summed E-state index contributed by atoms with van der Waals surface area (Å²) in [6.07, 6.45) is 4.61. The van der Waals surface area contributed by atoms with Crippen LogP contribution in [0.5, 0.6) is 0 Å². The lowest BCUT2D eigenvalue weighted by molar-refractivity contribution is -0.132. The van der Waals surface area contributed by atoms with Gasteiger partial charge in [-0.15, -0.1) is 36.2 Å². The Morgan fingerprint density at radius 3 is 2.65 bits per heavy atom. The molecule has 0 bridgehead atoms. The quantitative estimate of drug-likeness (QED) is 0.733. The van der Waals surface area contributed by atoms with Crippen LogP contribution >= 0.6 is 36.2 Å². The second-order valence-electron chi connectivity index (χ2n) is 6.76. The Balaban J connectivity index is 0.00000169. The zero-order chi connectivity index (χ0) is 17.0. The van der Waals surface area contributed by atoms with E-state index in [0.29, 0.717) is 0 Å². The summed E-state index contributed by atoms with van der Waals surface area (Å²) >= 11 is 1.71. The van der Waals surface area contributed by atoms with Crippen molar-refractivity contribution in [1.29, 1.82) is 0 Å². The van der Waals surface area contributed by atoms with Crippen molar-refractivity contribution in [2.75, 3.05) is 13.1 Å². The van der Waals surface area contributed by atoms with Crippen LogP contribution < -0.4 is 10.6 Å². The molecule has 1 saturated heterocycles. The molecule has 1 aromatic carbocycles. The molecule has 146 valence electrons. The number of aromatic nitrogens is 1. The van der Waals surface area contributed by atoms with Crippen LogP contribution in [-0.4, -0.2) is 30.0 Å². The van der Waals surface area contributed by atoms with E-state index in [9.17, 15) is 4.79 Å². The number of halogens is 2. The highest BCUT2D eigenvalue weighted by atomic mass is 35.5. The van der Waals surface area contributed by atoms with Crippen LogP contribution in [0, 0.1) is 5.41 Å². The van der Waals surface area contributed by atoms with E-state index in [1.54, 1.807) is 11.3 Å². The molecule has 26 heavy (non-hydrogen) atoms. The average molecular weight is 418 g/mol. The molecular formula is C19H29Cl2N3OS. The number of piperidine rings is 1. The third-order valence-electron chi connectivity index (χ3n) is 5.30. The summed E-state index contributed by atoms with van der Waals surface area (Å²) in [5.74, 6) is 0.195. The first-order valence-corrected chi connectivity index (χ1v) is 9.84. The normalized spacial score (nSPS) is 17.2. The largest absolute Gasteiger partial charge is 0.352 e. The molecule has 0 unspecified atom stereocenters. The van der Waals surface area contributed by atoms with Gasteiger partial charge in [0.05, 0.1) is 20.6 Å². The molecule has 7 heteroatoms. The maximum atomic E-state index is 13.1. The fraction of sp³-hybridized carbons (Fsp3) is 0.579. The number of amides is 1. The lowest BCUT2D eigenvalue weighted by Crippen LogP contribution is -2.51. The second kappa shape index (κ2) is 10.5. The fourth-order valence-electron chi connectivity index (χ4n) is 3.50. The summed E-state index contributed by atoms with van der Waals surface area (Å²) in [6.45, 7) is 6.19. The van der Waals surface area contributed by atoms with E-state index >= 15 is 0 Å². The van der Waals surface area contributed by atoms with Crippen molar-refractivity contribution in [2.24, 2.45) is 5.41 Å². The van der Waals surface area contributed by atoms with E-state index in [0.717, 1.165) is 55.7 Å². The van der Waals surface area contributed by atoms with Gasteiger partial charge in [0.1, 0.15) is 0 Å². The molecule has 0 spiro atoms. The first kappa shape index (κ1) is 23.2. The standard InChI is InChI=1S/C19H27N3OS.2ClH/c1-3-19(4-2,18(23)21-14-8-7-11-20-13-14)12-17-22-15-9-5-6-10-16(15)24-17;;/h5-6,9-10,14,20H,3-4,7-8,11-13H2,1-2H3,(H,21,23);2*1H/t14-;;/m0../s1. The molecule has 1 atom stereocenters. The van der Waals surface area contributed by atoms with Crippen LogP contribution in [-0.2, 0) is 11.2 Å². The maximum absolute atomic E-state index is 13.1. The third-order valence-corrected chi connectivity index (χ3v) is 6.33. The predicted molar refractivity (Wildman–Crippen MR) is 115 cm³/mol. The summed E-state index contributed by atoms with van der Waals surface area (Å²) in [5.41, 5.74) is 0.682. The van der Waals surface area contributed by atoms with Gasteiger partial charge in [-0.25, -0.2) is 4.98 Å². The Morgan fingerprint density at radius 1 is 1.31 bits per heavy atom. The molecule has 2 heterocycles. The summed E-state index contributed by atoms with van der Waals surface area (Å²) in [7, 11) is 0. The van der Waals surface area contributed by atoms with Crippen molar-refractivity contribution in [1.82, 2.24) is 15.6 Å². The molecule has 1 aliphatic rings. The number of fused-ring (bicyclic) bond motifs is 1. The highest BCUT2D eigenvalue weighted by Crippen LogP contribution is 2.34. The van der Waals surface area contributed by atoms with Crippen molar-refractivity contribution in [3.05, 3.63) is 29.3 Å². The number of carbonyl (C=O) groups excluding carboxylic acids is 1. The third kappa shape index (κ3) is 5.10. The van der Waals surface area contributed by atoms with Gasteiger partial charge >= 0.3 is 0 Å². The van der Waals surface area contributed by atoms with E-state index in [1.807, 2.05) is 18.2 Å². The molecule has 0 saturated carbocycles. The number of nitrogens with one attached hydrogen (secondary N) is 2. The summed E-state index contributed by atoms with van der Waals surface area (Å²) in [5, 5.41) is 7.73. The topological polar surface area (TPSA) is 54.0 Å². The Bertz CT molecular complexity index is 664. The minimum Gasteiger partial charge on any atom is -0.352 e. The molecular weight excluding hydrogens is 389 g/mol. The molecule has 2 N–H and O–H groups in total. The van der Waals surface area contributed by atoms with Gasteiger partial charge in [0.15, 0.2) is 0 Å². The van der Waals surface area contributed by atoms with Crippen molar-refractivity contribution < 1.29 is 4.79 Å². The predicted octanol–water partition coefficient (Wildman–Crippen LogP) is 4.36. The van der Waals surface area contributed by atoms with E-state index in [1.165, 1.54) is 4.70 Å². The summed E-state index contributed by atoms with van der Waals surface area (Å²) in [6, 6.07) is 8.47. The van der Waals surface area contributed by atoms with Crippen molar-refractivity contribution in [3.8, 4) is 0 Å². The van der Waals surface area contributed by atoms with Crippen LogP contribution in [0.1, 0.15) is 44.5 Å². The zero-order valence-electron chi connectivity index (χ0n) is 15.4. The highest BCUT2D eigenvalue weighted by molar-refractivity contribution is 7.18. The van der Waals surface area contributed by atoms with Crippen molar-refractivity contribution in [2.45, 2.75) is 52.0 Å². The Hall–Kier alpha value is -0.880. The van der Waals surface area contributed by atoms with Gasteiger partial charge in [-0.3, -0.25) is 4.79 Å². The SMILES string of the molecule is CCC(CC)(Cc1nc2ccccc2s1)C(=O)N[C@H]1CCCNC1.Cl.Cl. The van der Waals surface area contributed by atoms with Crippen LogP contribution in [0.25, 0.3) is 10.2 Å². The highest BCUT2D eigenvalue weighted by Gasteiger charge is 2.37. The van der Waals surface area contributed by atoms with Crippen LogP contribution in [0.4, 0.5) is 0 Å². The van der Waals surface area contributed by atoms with Crippen LogP contribution in [0.3, 0.4) is 0 Å². The molecule has 1 aliphatic heterocycles. The van der Waals surface area contributed by atoms with Crippen LogP contribution in [0.2, 0.25) is 0 Å². The minimum absolute atomic E-state index is 0. The zero-order valence-corrected chi connectivity index (χ0v) is 17.9. The van der Waals surface area contributed by atoms with Gasteiger partial charge in [0.25, 0.3) is 0 Å². The lowest BCUT2D eigenvalue weighted by Gasteiger charge is -2.33. The minimum atomic E-state index is -0.356. The van der Waals surface area contributed by atoms with Crippen molar-refractivity contribution >= 4 is 52.3 Å². The second-order valence-corrected chi connectivity index (χ2v) is 7.87. The Labute approximate surface area is 172 Å². The number of thiazole rings is 1. The van der Waals surface area contributed by atoms with Gasteiger partial charge in [0, 0.05) is 19.0 Å². The Morgan fingerprint density at radius 2 is 2.04 bits per heavy atom. The molecule has 0 radical (unpaired) electrons. The lowest BCUT2D eigenvalue weighted by atomic mass is 9.78. The van der Waals surface area contributed by atoms with Gasteiger partial charge < -0.3 is 10.6 Å². The van der Waals surface area contributed by atoms with Gasteiger partial charge in [-0.2, -0.15) is 0 Å². The molecule has 1 aromatic heterocycles. The number of rotatable bonds is 6. The first-order valence-electron chi connectivity index (χ1n) is 9.03. The monoisotopic (exact) mass is 417 g/mol. The van der Waals surface area contributed by atoms with E-state index in [4.69, 9.17) is 4.98 Å². The van der Waals surface area contributed by atoms with Gasteiger partial charge in [-0.05, 0) is 44.4 Å². The Kier molecular flexibility index (Phi) is 9.31. The number of para-hydroxylation sites is 1. The summed E-state index contributed by atoms with van der Waals surface area (Å²) in [4.78, 5) is 17.8. The number of nitrogens with zero attached hydrogens (tertiary/aromatic N) is 1. The van der Waals surface area contributed by atoms with Crippen molar-refractivity contribution in [3.63, 3.8) is 0 Å². The molecule has 3 rings (SSSR count). The number of hydrogen-bond acceptors (Lipinski definition) is 4. The van der Waals surface area contributed by atoms with E-state index < -0.39 is 0 Å². The van der Waals surface area contributed by atoms with Crippen LogP contribution in [0.15, 0.2) is 24.3 Å². The van der Waals surface area contributed by atoms with Gasteiger partial charge in [-0.1, -0.05) is 26.0 Å². The average Bonchev–Trinajstić information content (AvgIpc) is 3.02. The van der Waals surface area contributed by atoms with E-state index in [-0.39, 0.29) is 42.2 Å². The smallest absolute Gasteiger partial charge is 0.226 e. The van der Waals surface area contributed by atoms with Gasteiger partial charge in [0.2, 0.25) is 5.91 Å². The first-order chi connectivity index (χ1) is 11.7. The molecule has 4 nitrogen and oxygen atoms in total. The maximum Gasteiger partial charge on any atom is 0.226 e. The summed E-state index contributed by atoms with van der Waals surface area (Å²) < 4.78 is 1.20. The molecule has 2 aromatic rings. The number of hydrogen-bond donors (Lipinski definition) is 2. The number of carbonyl (C=O) groups is 1. The van der Waals surface area contributed by atoms with E-state index in [2.05, 4.69) is 30.5 Å². The fourth-order valence-corrected chi connectivity index (χ4v) is 4.61.